The monoisotopic (exact) mass is 360 g/mol. The lowest BCUT2D eigenvalue weighted by molar-refractivity contribution is 0.0736. The number of nitrogens with zero attached hydrogens (tertiary/aromatic N) is 2. The largest absolute Gasteiger partial charge is 0.497 e. The highest BCUT2D eigenvalue weighted by molar-refractivity contribution is 5.94. The zero-order chi connectivity index (χ0) is 18.6. The molecule has 1 aliphatic rings. The quantitative estimate of drug-likeness (QED) is 0.679. The fourth-order valence-corrected chi connectivity index (χ4v) is 3.84. The van der Waals surface area contributed by atoms with Crippen LogP contribution < -0.4 is 4.74 Å². The van der Waals surface area contributed by atoms with Gasteiger partial charge in [-0.05, 0) is 73.4 Å². The van der Waals surface area contributed by atoms with Crippen LogP contribution in [0.15, 0.2) is 73.1 Å². The zero-order valence-corrected chi connectivity index (χ0v) is 15.5. The molecule has 2 heterocycles. The Hall–Kier alpha value is -3.01. The highest BCUT2D eigenvalue weighted by atomic mass is 16.5. The SMILES string of the molecule is COc1cccc(CC2CCCN2C(=O)c2ccc(-n3cccc3)cc2)c1. The third-order valence-electron chi connectivity index (χ3n) is 5.26. The maximum Gasteiger partial charge on any atom is 0.254 e. The van der Waals surface area contributed by atoms with E-state index in [1.165, 1.54) is 5.56 Å². The van der Waals surface area contributed by atoms with Gasteiger partial charge in [0.15, 0.2) is 0 Å². The molecule has 4 nitrogen and oxygen atoms in total. The van der Waals surface area contributed by atoms with Crippen molar-refractivity contribution in [2.75, 3.05) is 13.7 Å². The van der Waals surface area contributed by atoms with E-state index in [0.29, 0.717) is 0 Å². The summed E-state index contributed by atoms with van der Waals surface area (Å²) in [5, 5.41) is 0. The Labute approximate surface area is 160 Å². The fourth-order valence-electron chi connectivity index (χ4n) is 3.84. The summed E-state index contributed by atoms with van der Waals surface area (Å²) in [7, 11) is 1.68. The van der Waals surface area contributed by atoms with Crippen LogP contribution in [0.4, 0.5) is 0 Å². The van der Waals surface area contributed by atoms with Gasteiger partial charge in [-0.2, -0.15) is 0 Å². The summed E-state index contributed by atoms with van der Waals surface area (Å²) >= 11 is 0. The first-order valence-corrected chi connectivity index (χ1v) is 9.42. The van der Waals surface area contributed by atoms with Gasteiger partial charge in [-0.3, -0.25) is 4.79 Å². The number of carbonyl (C=O) groups excluding carboxylic acids is 1. The number of hydrogen-bond acceptors (Lipinski definition) is 2. The van der Waals surface area contributed by atoms with E-state index in [1.807, 2.05) is 70.4 Å². The van der Waals surface area contributed by atoms with E-state index in [1.54, 1.807) is 7.11 Å². The topological polar surface area (TPSA) is 34.5 Å². The van der Waals surface area contributed by atoms with Crippen molar-refractivity contribution in [1.82, 2.24) is 9.47 Å². The maximum absolute atomic E-state index is 13.1. The van der Waals surface area contributed by atoms with Crippen LogP contribution in [0.1, 0.15) is 28.8 Å². The molecule has 2 aromatic carbocycles. The summed E-state index contributed by atoms with van der Waals surface area (Å²) in [6, 6.07) is 20.2. The van der Waals surface area contributed by atoms with E-state index in [-0.39, 0.29) is 11.9 Å². The lowest BCUT2D eigenvalue weighted by Gasteiger charge is -2.25. The number of likely N-dealkylation sites (tertiary alicyclic amines) is 1. The predicted octanol–water partition coefficient (Wildman–Crippen LogP) is 4.33. The molecule has 0 aliphatic carbocycles. The highest BCUT2D eigenvalue weighted by Gasteiger charge is 2.29. The Morgan fingerprint density at radius 3 is 2.59 bits per heavy atom. The van der Waals surface area contributed by atoms with Crippen LogP contribution in [-0.4, -0.2) is 35.1 Å². The summed E-state index contributed by atoms with van der Waals surface area (Å²) in [6.45, 7) is 0.826. The molecule has 4 rings (SSSR count). The van der Waals surface area contributed by atoms with E-state index >= 15 is 0 Å². The summed E-state index contributed by atoms with van der Waals surface area (Å²) in [6.07, 6.45) is 6.97. The van der Waals surface area contributed by atoms with Crippen LogP contribution >= 0.6 is 0 Å². The van der Waals surface area contributed by atoms with Gasteiger partial charge in [-0.1, -0.05) is 12.1 Å². The number of ether oxygens (including phenoxy) is 1. The average molecular weight is 360 g/mol. The number of rotatable bonds is 5. The first-order chi connectivity index (χ1) is 13.2. The number of methoxy groups -OCH3 is 1. The molecule has 0 bridgehead atoms. The van der Waals surface area contributed by atoms with Gasteiger partial charge in [0.25, 0.3) is 5.91 Å². The molecule has 138 valence electrons. The maximum atomic E-state index is 13.1. The summed E-state index contributed by atoms with van der Waals surface area (Å²) < 4.78 is 7.36. The van der Waals surface area contributed by atoms with Crippen molar-refractivity contribution >= 4 is 5.91 Å². The van der Waals surface area contributed by atoms with Crippen molar-refractivity contribution in [3.8, 4) is 11.4 Å². The van der Waals surface area contributed by atoms with Crippen molar-refractivity contribution in [3.05, 3.63) is 84.2 Å². The highest BCUT2D eigenvalue weighted by Crippen LogP contribution is 2.25. The molecule has 1 amide bonds. The van der Waals surface area contributed by atoms with E-state index in [4.69, 9.17) is 4.74 Å². The number of amides is 1. The zero-order valence-electron chi connectivity index (χ0n) is 15.5. The molecule has 1 atom stereocenters. The lowest BCUT2D eigenvalue weighted by Crippen LogP contribution is -2.36. The summed E-state index contributed by atoms with van der Waals surface area (Å²) in [5.41, 5.74) is 3.02. The Morgan fingerprint density at radius 2 is 1.85 bits per heavy atom. The van der Waals surface area contributed by atoms with Gasteiger partial charge in [0.05, 0.1) is 7.11 Å². The molecule has 0 radical (unpaired) electrons. The molecular weight excluding hydrogens is 336 g/mol. The van der Waals surface area contributed by atoms with Gasteiger partial charge in [-0.25, -0.2) is 0 Å². The van der Waals surface area contributed by atoms with Gasteiger partial charge in [0, 0.05) is 36.2 Å². The molecule has 1 saturated heterocycles. The normalized spacial score (nSPS) is 16.5. The molecule has 3 aromatic rings. The van der Waals surface area contributed by atoms with Crippen molar-refractivity contribution < 1.29 is 9.53 Å². The van der Waals surface area contributed by atoms with Gasteiger partial charge < -0.3 is 14.2 Å². The van der Waals surface area contributed by atoms with Crippen LogP contribution in [0.3, 0.4) is 0 Å². The van der Waals surface area contributed by atoms with Crippen LogP contribution in [0.5, 0.6) is 5.75 Å². The van der Waals surface area contributed by atoms with Crippen molar-refractivity contribution in [3.63, 3.8) is 0 Å². The minimum Gasteiger partial charge on any atom is -0.497 e. The van der Waals surface area contributed by atoms with E-state index in [9.17, 15) is 4.79 Å². The van der Waals surface area contributed by atoms with E-state index in [0.717, 1.165) is 42.8 Å². The number of hydrogen-bond donors (Lipinski definition) is 0. The second-order valence-electron chi connectivity index (χ2n) is 6.99. The van der Waals surface area contributed by atoms with Crippen molar-refractivity contribution in [1.29, 1.82) is 0 Å². The molecule has 1 aromatic heterocycles. The second-order valence-corrected chi connectivity index (χ2v) is 6.99. The Kier molecular flexibility index (Phi) is 4.97. The number of benzene rings is 2. The molecule has 0 spiro atoms. The standard InChI is InChI=1S/C23H24N2O2/c1-27-22-8-4-6-18(17-22)16-21-7-5-15-25(21)23(26)19-9-11-20(12-10-19)24-13-2-3-14-24/h2-4,6,8-14,17,21H,5,7,15-16H2,1H3. The Bertz CT molecular complexity index is 900. The first kappa shape index (κ1) is 17.4. The number of aromatic nitrogens is 1. The Balaban J connectivity index is 1.48. The van der Waals surface area contributed by atoms with E-state index < -0.39 is 0 Å². The minimum atomic E-state index is 0.124. The van der Waals surface area contributed by atoms with Gasteiger partial charge in [-0.15, -0.1) is 0 Å². The molecular formula is C23H24N2O2. The second kappa shape index (κ2) is 7.70. The molecule has 1 aliphatic heterocycles. The first-order valence-electron chi connectivity index (χ1n) is 9.42. The molecule has 27 heavy (non-hydrogen) atoms. The molecule has 1 unspecified atom stereocenters. The van der Waals surface area contributed by atoms with Gasteiger partial charge in [0.1, 0.15) is 5.75 Å². The minimum absolute atomic E-state index is 0.124. The lowest BCUT2D eigenvalue weighted by atomic mass is 10.0. The molecule has 1 fully saturated rings. The van der Waals surface area contributed by atoms with Crippen molar-refractivity contribution in [2.24, 2.45) is 0 Å². The molecule has 0 N–H and O–H groups in total. The van der Waals surface area contributed by atoms with Crippen LogP contribution in [-0.2, 0) is 6.42 Å². The fraction of sp³-hybridized carbons (Fsp3) is 0.261. The third-order valence-corrected chi connectivity index (χ3v) is 5.26. The van der Waals surface area contributed by atoms with Gasteiger partial charge in [0.2, 0.25) is 0 Å². The predicted molar refractivity (Wildman–Crippen MR) is 107 cm³/mol. The van der Waals surface area contributed by atoms with Crippen LogP contribution in [0, 0.1) is 0 Å². The van der Waals surface area contributed by atoms with Gasteiger partial charge >= 0.3 is 0 Å². The molecule has 4 heteroatoms. The van der Waals surface area contributed by atoms with E-state index in [2.05, 4.69) is 12.1 Å². The number of carbonyl (C=O) groups is 1. The smallest absolute Gasteiger partial charge is 0.254 e. The Morgan fingerprint density at radius 1 is 1.07 bits per heavy atom. The summed E-state index contributed by atoms with van der Waals surface area (Å²) in [5.74, 6) is 0.989. The van der Waals surface area contributed by atoms with Crippen molar-refractivity contribution in [2.45, 2.75) is 25.3 Å². The molecule has 0 saturated carbocycles. The van der Waals surface area contributed by atoms with Crippen LogP contribution in [0.2, 0.25) is 0 Å². The summed E-state index contributed by atoms with van der Waals surface area (Å²) in [4.78, 5) is 15.1. The van der Waals surface area contributed by atoms with Crippen LogP contribution in [0.25, 0.3) is 5.69 Å². The average Bonchev–Trinajstić information content (AvgIpc) is 3.40. The third kappa shape index (κ3) is 3.75.